The molecular formula is C11H20N3O4Y-. The van der Waals surface area contributed by atoms with E-state index in [0.717, 1.165) is 0 Å². The van der Waals surface area contributed by atoms with Crippen molar-refractivity contribution in [3.63, 3.8) is 0 Å². The molecule has 1 radical (unpaired) electrons. The van der Waals surface area contributed by atoms with Gasteiger partial charge in [-0.3, -0.25) is 14.4 Å². The topological polar surface area (TPSA) is 119 Å². The average molecular weight is 347 g/mol. The van der Waals surface area contributed by atoms with Crippen LogP contribution in [0.4, 0.5) is 0 Å². The Kier molecular flexibility index (Phi) is 10.5. The van der Waals surface area contributed by atoms with Crippen molar-refractivity contribution in [2.75, 3.05) is 0 Å². The Balaban J connectivity index is 0. The van der Waals surface area contributed by atoms with Gasteiger partial charge in [-0.15, -0.1) is 0 Å². The minimum absolute atomic E-state index is 0. The molecule has 4 N–H and O–H groups in total. The number of Topliss-reactive ketones (excluding diaryl/α,β-unsaturated/α-hetero) is 1. The van der Waals surface area contributed by atoms with Crippen molar-refractivity contribution in [3.05, 3.63) is 5.73 Å². The summed E-state index contributed by atoms with van der Waals surface area (Å²) in [4.78, 5) is 33.7. The first-order valence-corrected chi connectivity index (χ1v) is 5.67. The van der Waals surface area contributed by atoms with Crippen molar-refractivity contribution in [1.29, 1.82) is 0 Å². The first-order valence-electron chi connectivity index (χ1n) is 5.67. The van der Waals surface area contributed by atoms with Crippen molar-refractivity contribution in [1.82, 2.24) is 10.6 Å². The van der Waals surface area contributed by atoms with Crippen molar-refractivity contribution >= 4 is 17.6 Å². The molecule has 8 heteroatoms. The number of carbonyl (C=O) groups excluding carboxylic acids is 3. The number of ketones is 1. The fraction of sp³-hybridized carbons (Fsp3) is 0.727. The van der Waals surface area contributed by atoms with Crippen LogP contribution in [0.2, 0.25) is 0 Å². The fourth-order valence-corrected chi connectivity index (χ4v) is 1.18. The van der Waals surface area contributed by atoms with Crippen molar-refractivity contribution in [2.24, 2.45) is 0 Å². The molecule has 0 heterocycles. The molecule has 19 heavy (non-hydrogen) atoms. The van der Waals surface area contributed by atoms with E-state index in [4.69, 9.17) is 5.73 Å². The predicted octanol–water partition coefficient (Wildman–Crippen LogP) is -0.616. The number of nitrogens with one attached hydrogen (secondary N) is 3. The largest absolute Gasteiger partial charge is 0.667 e. The van der Waals surface area contributed by atoms with Crippen LogP contribution >= 0.6 is 0 Å². The molecule has 107 valence electrons. The zero-order valence-corrected chi connectivity index (χ0v) is 14.4. The molecule has 0 rings (SSSR count). The second kappa shape index (κ2) is 9.52. The van der Waals surface area contributed by atoms with Gasteiger partial charge in [-0.1, -0.05) is 13.0 Å². The second-order valence-electron chi connectivity index (χ2n) is 4.30. The summed E-state index contributed by atoms with van der Waals surface area (Å²) in [5.74, 6) is -1.52. The Morgan fingerprint density at radius 2 is 1.53 bits per heavy atom. The summed E-state index contributed by atoms with van der Waals surface area (Å²) in [5.41, 5.74) is 7.16. The molecule has 0 aromatic carbocycles. The SMILES string of the molecule is CC(=O)C(O)C(C)NC(=O)C(C)NC(=O)C(C)[NH-].[Y]. The minimum atomic E-state index is -1.27. The number of aliphatic hydroxyl groups excluding tert-OH is 1. The third-order valence-electron chi connectivity index (χ3n) is 2.41. The van der Waals surface area contributed by atoms with E-state index in [1.165, 1.54) is 27.7 Å². The normalized spacial score (nSPS) is 16.3. The molecule has 4 atom stereocenters. The maximum absolute atomic E-state index is 11.6. The Morgan fingerprint density at radius 3 is 1.89 bits per heavy atom. The zero-order chi connectivity index (χ0) is 14.5. The fourth-order valence-electron chi connectivity index (χ4n) is 1.18. The Bertz CT molecular complexity index is 336. The molecular weight excluding hydrogens is 327 g/mol. The van der Waals surface area contributed by atoms with Gasteiger partial charge in [0.25, 0.3) is 0 Å². The summed E-state index contributed by atoms with van der Waals surface area (Å²) in [5, 5.41) is 14.2. The maximum Gasteiger partial charge on any atom is 0.242 e. The van der Waals surface area contributed by atoms with E-state index in [2.05, 4.69) is 10.6 Å². The molecule has 0 aliphatic heterocycles. The summed E-state index contributed by atoms with van der Waals surface area (Å²) in [6.07, 6.45) is -1.27. The quantitative estimate of drug-likeness (QED) is 0.593. The minimum Gasteiger partial charge on any atom is -0.667 e. The molecule has 0 aliphatic rings. The van der Waals surface area contributed by atoms with Crippen molar-refractivity contribution < 1.29 is 52.2 Å². The number of carbonyl (C=O) groups is 3. The summed E-state index contributed by atoms with van der Waals surface area (Å²) < 4.78 is 0. The van der Waals surface area contributed by atoms with Crippen LogP contribution in [0.3, 0.4) is 0 Å². The molecule has 0 aliphatic carbocycles. The first kappa shape index (κ1) is 20.9. The number of hydrogen-bond donors (Lipinski definition) is 3. The van der Waals surface area contributed by atoms with E-state index in [1.807, 2.05) is 0 Å². The predicted molar refractivity (Wildman–Crippen MR) is 65.7 cm³/mol. The van der Waals surface area contributed by atoms with Gasteiger partial charge >= 0.3 is 0 Å². The van der Waals surface area contributed by atoms with Crippen LogP contribution in [-0.2, 0) is 47.1 Å². The summed E-state index contributed by atoms with van der Waals surface area (Å²) in [7, 11) is 0. The number of hydrogen-bond acceptors (Lipinski definition) is 4. The summed E-state index contributed by atoms with van der Waals surface area (Å²) in [6.45, 7) is 5.57. The maximum atomic E-state index is 11.6. The van der Waals surface area contributed by atoms with Gasteiger partial charge in [0.2, 0.25) is 11.8 Å². The summed E-state index contributed by atoms with van der Waals surface area (Å²) in [6, 6.07) is -2.52. The van der Waals surface area contributed by atoms with Crippen LogP contribution in [0.1, 0.15) is 27.7 Å². The van der Waals surface area contributed by atoms with Crippen LogP contribution in [0.15, 0.2) is 0 Å². The van der Waals surface area contributed by atoms with Gasteiger partial charge < -0.3 is 21.5 Å². The van der Waals surface area contributed by atoms with E-state index in [1.54, 1.807) is 0 Å². The molecule has 4 unspecified atom stereocenters. The Morgan fingerprint density at radius 1 is 1.05 bits per heavy atom. The van der Waals surface area contributed by atoms with E-state index in [0.29, 0.717) is 0 Å². The van der Waals surface area contributed by atoms with Crippen molar-refractivity contribution in [3.8, 4) is 0 Å². The first-order chi connectivity index (χ1) is 8.16. The van der Waals surface area contributed by atoms with Crippen LogP contribution < -0.4 is 10.6 Å². The van der Waals surface area contributed by atoms with E-state index < -0.39 is 41.8 Å². The van der Waals surface area contributed by atoms with Crippen LogP contribution in [0.25, 0.3) is 5.73 Å². The van der Waals surface area contributed by atoms with Gasteiger partial charge in [0.05, 0.1) is 6.04 Å². The monoisotopic (exact) mass is 347 g/mol. The Hall–Kier alpha value is -0.366. The molecule has 0 saturated carbocycles. The van der Waals surface area contributed by atoms with Gasteiger partial charge in [0.15, 0.2) is 5.78 Å². The molecule has 0 saturated heterocycles. The van der Waals surface area contributed by atoms with E-state index in [-0.39, 0.29) is 32.7 Å². The second-order valence-corrected chi connectivity index (χ2v) is 4.30. The molecule has 2 amide bonds. The third kappa shape index (κ3) is 7.72. The van der Waals surface area contributed by atoms with Gasteiger partial charge in [0.1, 0.15) is 12.1 Å². The van der Waals surface area contributed by atoms with Crippen LogP contribution in [0, 0.1) is 0 Å². The average Bonchev–Trinajstić information content (AvgIpc) is 2.26. The molecule has 0 fully saturated rings. The number of amides is 2. The van der Waals surface area contributed by atoms with Crippen LogP contribution in [0.5, 0.6) is 0 Å². The third-order valence-corrected chi connectivity index (χ3v) is 2.41. The van der Waals surface area contributed by atoms with E-state index in [9.17, 15) is 19.5 Å². The van der Waals surface area contributed by atoms with E-state index >= 15 is 0 Å². The molecule has 0 bridgehead atoms. The van der Waals surface area contributed by atoms with Gasteiger partial charge in [0, 0.05) is 32.7 Å². The number of aliphatic hydroxyl groups is 1. The molecule has 0 spiro atoms. The number of rotatable bonds is 6. The van der Waals surface area contributed by atoms with Gasteiger partial charge in [-0.05, 0) is 20.8 Å². The van der Waals surface area contributed by atoms with Gasteiger partial charge in [-0.25, -0.2) is 0 Å². The Labute approximate surface area is 137 Å². The van der Waals surface area contributed by atoms with Crippen molar-refractivity contribution in [2.45, 2.75) is 51.9 Å². The zero-order valence-electron chi connectivity index (χ0n) is 11.6. The molecule has 7 nitrogen and oxygen atoms in total. The smallest absolute Gasteiger partial charge is 0.242 e. The molecule has 0 aromatic heterocycles. The van der Waals surface area contributed by atoms with Crippen LogP contribution in [-0.4, -0.2) is 46.9 Å². The molecule has 0 aromatic rings. The summed E-state index contributed by atoms with van der Waals surface area (Å²) >= 11 is 0. The van der Waals surface area contributed by atoms with Gasteiger partial charge in [-0.2, -0.15) is 0 Å². The standard InChI is InChI=1S/C11H20N3O4.Y/c1-5(12)10(17)14-7(3)11(18)13-6(2)9(16)8(4)15;/h5-7,9,12,16H,1-4H3,(H,13,18)(H,14,17);/q-1;.